The van der Waals surface area contributed by atoms with Gasteiger partial charge >= 0.3 is 0 Å². The van der Waals surface area contributed by atoms with E-state index >= 15 is 0 Å². The smallest absolute Gasteiger partial charge is 0.146 e. The van der Waals surface area contributed by atoms with Crippen LogP contribution in [-0.2, 0) is 9.47 Å². The Kier molecular flexibility index (Phi) is 17.2. The number of hydrogen-bond acceptors (Lipinski definition) is 2. The first kappa shape index (κ1) is 27.2. The highest BCUT2D eigenvalue weighted by Gasteiger charge is 2.17. The Hall–Kier alpha value is 0.210. The number of rotatable bonds is 18. The van der Waals surface area contributed by atoms with Gasteiger partial charge < -0.3 is 9.47 Å². The van der Waals surface area contributed by atoms with Gasteiger partial charge in [-0.05, 0) is 87.9 Å². The van der Waals surface area contributed by atoms with E-state index in [1.54, 1.807) is 0 Å². The number of ether oxygens (including phenoxy) is 2. The Morgan fingerprint density at radius 2 is 1.07 bits per heavy atom. The second-order valence-corrected chi connectivity index (χ2v) is 10.3. The summed E-state index contributed by atoms with van der Waals surface area (Å²) in [6, 6.07) is 0. The third-order valence-electron chi connectivity index (χ3n) is 5.45. The Bertz CT molecular complexity index is 322. The van der Waals surface area contributed by atoms with Gasteiger partial charge in [0.05, 0.1) is 0 Å². The van der Waals surface area contributed by atoms with Crippen LogP contribution >= 0.6 is 11.6 Å². The largest absolute Gasteiger partial charge is 0.355 e. The average Bonchev–Trinajstić information content (AvgIpc) is 2.52. The molecule has 0 aromatic heterocycles. The van der Waals surface area contributed by atoms with Crippen LogP contribution in [-0.4, -0.2) is 25.4 Å². The maximum Gasteiger partial charge on any atom is 0.146 e. The van der Waals surface area contributed by atoms with E-state index in [-0.39, 0.29) is 0 Å². The van der Waals surface area contributed by atoms with E-state index in [1.165, 1.54) is 32.1 Å². The minimum absolute atomic E-state index is 0.306. The summed E-state index contributed by atoms with van der Waals surface area (Å²) in [5.41, 5.74) is 0. The summed E-state index contributed by atoms with van der Waals surface area (Å²) < 4.78 is 10.9. The second-order valence-electron chi connectivity index (χ2n) is 9.56. The van der Waals surface area contributed by atoms with Crippen LogP contribution in [0.15, 0.2) is 0 Å². The van der Waals surface area contributed by atoms with Crippen LogP contribution < -0.4 is 0 Å². The Morgan fingerprint density at radius 1 is 0.630 bits per heavy atom. The lowest BCUT2D eigenvalue weighted by molar-refractivity contribution is -0.0549. The predicted molar refractivity (Wildman–Crippen MR) is 121 cm³/mol. The standard InChI is InChI=1S/C24H49ClO2/c1-8-11-26-18-27-12-9-10-19(2)13-20(3)14-21(4)15-22(5)16-23(6)17-24(7)25/h19-24H,8-18H2,1-7H3. The zero-order valence-corrected chi connectivity index (χ0v) is 20.2. The van der Waals surface area contributed by atoms with E-state index in [2.05, 4.69) is 48.5 Å². The van der Waals surface area contributed by atoms with Crippen molar-refractivity contribution in [3.05, 3.63) is 0 Å². The van der Waals surface area contributed by atoms with Gasteiger partial charge in [-0.3, -0.25) is 0 Å². The van der Waals surface area contributed by atoms with Crippen molar-refractivity contribution in [1.29, 1.82) is 0 Å². The Morgan fingerprint density at radius 3 is 1.56 bits per heavy atom. The molecule has 0 radical (unpaired) electrons. The van der Waals surface area contributed by atoms with Crippen LogP contribution in [0.4, 0.5) is 0 Å². The number of hydrogen-bond donors (Lipinski definition) is 0. The topological polar surface area (TPSA) is 18.5 Å². The van der Waals surface area contributed by atoms with Gasteiger partial charge in [0.25, 0.3) is 0 Å². The van der Waals surface area contributed by atoms with Gasteiger partial charge in [0.1, 0.15) is 6.79 Å². The van der Waals surface area contributed by atoms with E-state index in [9.17, 15) is 0 Å². The summed E-state index contributed by atoms with van der Waals surface area (Å²) in [4.78, 5) is 0. The van der Waals surface area contributed by atoms with Crippen LogP contribution in [0, 0.1) is 29.6 Å². The zero-order chi connectivity index (χ0) is 20.7. The summed E-state index contributed by atoms with van der Waals surface area (Å²) in [6.07, 6.45) is 9.97. The minimum atomic E-state index is 0.306. The van der Waals surface area contributed by atoms with Crippen molar-refractivity contribution >= 4 is 11.6 Å². The van der Waals surface area contributed by atoms with Gasteiger partial charge in [-0.2, -0.15) is 0 Å². The van der Waals surface area contributed by atoms with E-state index in [4.69, 9.17) is 21.1 Å². The average molecular weight is 405 g/mol. The van der Waals surface area contributed by atoms with Crippen molar-refractivity contribution in [1.82, 2.24) is 0 Å². The molecule has 0 saturated carbocycles. The fourth-order valence-electron chi connectivity index (χ4n) is 4.66. The molecule has 0 N–H and O–H groups in total. The quantitative estimate of drug-likeness (QED) is 0.131. The van der Waals surface area contributed by atoms with Crippen molar-refractivity contribution in [3.63, 3.8) is 0 Å². The minimum Gasteiger partial charge on any atom is -0.355 e. The summed E-state index contributed by atoms with van der Waals surface area (Å²) in [7, 11) is 0. The fourth-order valence-corrected chi connectivity index (χ4v) is 4.96. The van der Waals surface area contributed by atoms with E-state index < -0.39 is 0 Å². The maximum absolute atomic E-state index is 6.14. The lowest BCUT2D eigenvalue weighted by atomic mass is 9.82. The van der Waals surface area contributed by atoms with Crippen molar-refractivity contribution < 1.29 is 9.47 Å². The predicted octanol–water partition coefficient (Wildman–Crippen LogP) is 7.93. The van der Waals surface area contributed by atoms with Crippen LogP contribution in [0.3, 0.4) is 0 Å². The highest BCUT2D eigenvalue weighted by molar-refractivity contribution is 6.20. The first-order chi connectivity index (χ1) is 12.7. The van der Waals surface area contributed by atoms with E-state index in [1.807, 2.05) is 0 Å². The highest BCUT2D eigenvalue weighted by atomic mass is 35.5. The molecule has 0 aromatic carbocycles. The van der Waals surface area contributed by atoms with Crippen molar-refractivity contribution in [3.8, 4) is 0 Å². The molecule has 6 unspecified atom stereocenters. The molecule has 0 rings (SSSR count). The van der Waals surface area contributed by atoms with Crippen LogP contribution in [0.2, 0.25) is 0 Å². The number of alkyl halides is 1. The number of halogens is 1. The molecule has 0 saturated heterocycles. The van der Waals surface area contributed by atoms with Crippen LogP contribution in [0.1, 0.15) is 99.8 Å². The summed E-state index contributed by atoms with van der Waals surface area (Å²) in [5, 5.41) is 0.306. The molecule has 0 aliphatic heterocycles. The van der Waals surface area contributed by atoms with Gasteiger partial charge in [0.15, 0.2) is 0 Å². The molecular formula is C24H49ClO2. The van der Waals surface area contributed by atoms with Gasteiger partial charge in [-0.25, -0.2) is 0 Å². The summed E-state index contributed by atoms with van der Waals surface area (Å²) in [6.45, 7) is 18.4. The molecule has 0 aromatic rings. The van der Waals surface area contributed by atoms with Gasteiger partial charge in [-0.1, -0.05) is 41.5 Å². The molecule has 2 nitrogen and oxygen atoms in total. The monoisotopic (exact) mass is 404 g/mol. The normalized spacial score (nSPS) is 18.7. The molecule has 6 atom stereocenters. The third kappa shape index (κ3) is 18.0. The molecule has 27 heavy (non-hydrogen) atoms. The van der Waals surface area contributed by atoms with Crippen molar-refractivity contribution in [2.45, 2.75) is 105 Å². The van der Waals surface area contributed by atoms with Crippen LogP contribution in [0.25, 0.3) is 0 Å². The Balaban J connectivity index is 3.80. The Labute approximate surface area is 176 Å². The summed E-state index contributed by atoms with van der Waals surface area (Å²) >= 11 is 6.14. The van der Waals surface area contributed by atoms with Crippen molar-refractivity contribution in [2.75, 3.05) is 20.0 Å². The molecule has 0 heterocycles. The molecule has 0 fully saturated rings. The van der Waals surface area contributed by atoms with E-state index in [0.717, 1.165) is 62.1 Å². The first-order valence-electron chi connectivity index (χ1n) is 11.5. The van der Waals surface area contributed by atoms with Crippen molar-refractivity contribution in [2.24, 2.45) is 29.6 Å². The molecule has 164 valence electrons. The third-order valence-corrected chi connectivity index (χ3v) is 5.63. The SMILES string of the molecule is CCCOCOCCCC(C)CC(C)CC(C)CC(C)CC(C)CC(C)Cl. The molecule has 0 amide bonds. The molecule has 0 aliphatic carbocycles. The van der Waals surface area contributed by atoms with Crippen LogP contribution in [0.5, 0.6) is 0 Å². The van der Waals surface area contributed by atoms with Gasteiger partial charge in [-0.15, -0.1) is 11.6 Å². The lowest BCUT2D eigenvalue weighted by Gasteiger charge is -2.24. The first-order valence-corrected chi connectivity index (χ1v) is 12.0. The molecule has 0 aliphatic rings. The molecule has 0 spiro atoms. The summed E-state index contributed by atoms with van der Waals surface area (Å²) in [5.74, 6) is 3.97. The molecule has 0 bridgehead atoms. The molecule has 3 heteroatoms. The fraction of sp³-hybridized carbons (Fsp3) is 1.00. The lowest BCUT2D eigenvalue weighted by Crippen LogP contribution is -2.13. The van der Waals surface area contributed by atoms with Gasteiger partial charge in [0, 0.05) is 18.6 Å². The van der Waals surface area contributed by atoms with E-state index in [0.29, 0.717) is 12.2 Å². The maximum atomic E-state index is 6.14. The zero-order valence-electron chi connectivity index (χ0n) is 19.4. The molecular weight excluding hydrogens is 356 g/mol. The second kappa shape index (κ2) is 17.1. The van der Waals surface area contributed by atoms with Gasteiger partial charge in [0.2, 0.25) is 0 Å². The highest BCUT2D eigenvalue weighted by Crippen LogP contribution is 2.29.